The number of amides is 3. The van der Waals surface area contributed by atoms with E-state index < -0.39 is 6.04 Å². The molecular weight excluding hydrogens is 936 g/mol. The first-order valence-corrected chi connectivity index (χ1v) is 26.7. The van der Waals surface area contributed by atoms with E-state index in [1.54, 1.807) is 42.1 Å². The Kier molecular flexibility index (Phi) is 18.7. The molecular formula is C58H77FN10O5. The maximum absolute atomic E-state index is 16.2. The summed E-state index contributed by atoms with van der Waals surface area (Å²) in [5.74, 6) is 0.150. The number of hydrogen-bond donors (Lipinski definition) is 3. The number of nitrogens with zero attached hydrogens (tertiary/aromatic N) is 7. The maximum Gasteiger partial charge on any atom is 0.257 e. The third-order valence-corrected chi connectivity index (χ3v) is 15.0. The molecule has 396 valence electrons. The van der Waals surface area contributed by atoms with Gasteiger partial charge >= 0.3 is 0 Å². The molecule has 2 atom stereocenters. The summed E-state index contributed by atoms with van der Waals surface area (Å²) < 4.78 is 25.6. The average molecular weight is 1010 g/mol. The van der Waals surface area contributed by atoms with Gasteiger partial charge in [0, 0.05) is 92.2 Å². The van der Waals surface area contributed by atoms with Gasteiger partial charge in [-0.2, -0.15) is 5.10 Å². The van der Waals surface area contributed by atoms with Crippen LogP contribution in [0.3, 0.4) is 0 Å². The lowest BCUT2D eigenvalue weighted by Crippen LogP contribution is -2.50. The van der Waals surface area contributed by atoms with Crippen molar-refractivity contribution in [3.05, 3.63) is 139 Å². The van der Waals surface area contributed by atoms with Crippen LogP contribution in [-0.2, 0) is 34.0 Å². The number of carbonyl (C=O) groups excluding carboxylic acids is 3. The first kappa shape index (κ1) is 55.1. The van der Waals surface area contributed by atoms with Gasteiger partial charge in [0.2, 0.25) is 11.8 Å². The number of fused-ring (bicyclic) bond motifs is 1. The Morgan fingerprint density at radius 2 is 1.73 bits per heavy atom. The Bertz CT molecular complexity index is 2860. The smallest absolute Gasteiger partial charge is 0.257 e. The van der Waals surface area contributed by atoms with E-state index in [2.05, 4.69) is 68.9 Å². The Morgan fingerprint density at radius 1 is 0.959 bits per heavy atom. The summed E-state index contributed by atoms with van der Waals surface area (Å²) in [5, 5.41) is 13.7. The third-order valence-electron chi connectivity index (χ3n) is 15.0. The number of benzene rings is 1. The second-order valence-electron chi connectivity index (χ2n) is 19.4. The summed E-state index contributed by atoms with van der Waals surface area (Å²) >= 11 is 0. The summed E-state index contributed by atoms with van der Waals surface area (Å²) in [7, 11) is 3.45. The molecule has 4 aliphatic heterocycles. The molecule has 2 saturated heterocycles. The van der Waals surface area contributed by atoms with E-state index in [1.165, 1.54) is 11.6 Å². The van der Waals surface area contributed by atoms with E-state index in [4.69, 9.17) is 9.84 Å². The number of methoxy groups -OCH3 is 1. The number of anilines is 1. The monoisotopic (exact) mass is 1010 g/mol. The maximum atomic E-state index is 16.2. The van der Waals surface area contributed by atoms with Crippen LogP contribution in [0.15, 0.2) is 88.3 Å². The SMILES string of the molecule is CC.CC.CNc1ccn(-c2ccnc(C)c2/C=C(\C)C(C)N2CC=C(c3c(C)cc(C(=O)N4CCn5nc(CN6CCC(C7=CC(OC)=C(NC8CCC(=O)NC8=O)CC7)CC6)cc5C4)cc3F)CC2)c(=O)c1. The fourth-order valence-electron chi connectivity index (χ4n) is 10.8. The standard InChI is InChI=1S/C54H65FN10O5.2C2H6/c1-33(26-44-35(3)57-17-11-48(44)64-22-16-41(56-5)30-51(64)67)36(4)62-20-14-38(15-21-62)52-34(2)25-40(27-45(52)55)54(69)63-23-24-65-43(32-63)29-42(60-65)31-61-18-12-37(13-19-61)39-7-8-46(49(28-39)70-6)58-47-9-10-50(66)59-53(47)68;2*1-2/h11,14,16-17,22,25-30,36-37,47,56,58H,7-10,12-13,15,18-21,23-24,31-32H2,1-6H3,(H,59,66,68);2*1-2H3/b33-26+;;. The van der Waals surface area contributed by atoms with Crippen molar-refractivity contribution < 1.29 is 23.5 Å². The summed E-state index contributed by atoms with van der Waals surface area (Å²) in [6, 6.07) is 10.3. The van der Waals surface area contributed by atoms with E-state index in [1.807, 2.05) is 64.4 Å². The number of imide groups is 1. The lowest BCUT2D eigenvalue weighted by atomic mass is 9.83. The molecule has 4 aromatic rings. The highest BCUT2D eigenvalue weighted by Crippen LogP contribution is 2.35. The highest BCUT2D eigenvalue weighted by Gasteiger charge is 2.32. The molecule has 3 N–H and O–H groups in total. The predicted molar refractivity (Wildman–Crippen MR) is 291 cm³/mol. The molecule has 0 radical (unpaired) electrons. The van der Waals surface area contributed by atoms with Crippen LogP contribution in [-0.4, -0.2) is 111 Å². The number of likely N-dealkylation sites (tertiary alicyclic amines) is 1. The van der Waals surface area contributed by atoms with Gasteiger partial charge in [-0.3, -0.25) is 48.5 Å². The quantitative estimate of drug-likeness (QED) is 0.110. The van der Waals surface area contributed by atoms with E-state index in [0.717, 1.165) is 114 Å². The Morgan fingerprint density at radius 3 is 2.41 bits per heavy atom. The van der Waals surface area contributed by atoms with Crippen molar-refractivity contribution in [3.63, 3.8) is 0 Å². The van der Waals surface area contributed by atoms with Crippen LogP contribution in [0, 0.1) is 25.6 Å². The van der Waals surface area contributed by atoms with Crippen LogP contribution in [0.2, 0.25) is 0 Å². The lowest BCUT2D eigenvalue weighted by molar-refractivity contribution is -0.134. The van der Waals surface area contributed by atoms with Gasteiger partial charge in [-0.1, -0.05) is 51.0 Å². The summed E-state index contributed by atoms with van der Waals surface area (Å²) in [4.78, 5) is 62.1. The molecule has 74 heavy (non-hydrogen) atoms. The Hall–Kier alpha value is -6.65. The minimum atomic E-state index is -0.432. The Balaban J connectivity index is 0.00000195. The molecule has 2 fully saturated rings. The van der Waals surface area contributed by atoms with Crippen molar-refractivity contribution >= 4 is 35.1 Å². The van der Waals surface area contributed by atoms with Gasteiger partial charge in [-0.25, -0.2) is 4.39 Å². The summed E-state index contributed by atoms with van der Waals surface area (Å²) in [6.07, 6.45) is 15.1. The van der Waals surface area contributed by atoms with Crippen LogP contribution in [0.4, 0.5) is 10.1 Å². The van der Waals surface area contributed by atoms with Crippen molar-refractivity contribution in [1.29, 1.82) is 0 Å². The first-order chi connectivity index (χ1) is 35.8. The molecule has 5 aliphatic rings. The second kappa shape index (κ2) is 25.1. The summed E-state index contributed by atoms with van der Waals surface area (Å²) in [6.45, 7) is 21.6. The largest absolute Gasteiger partial charge is 0.495 e. The molecule has 16 heteroatoms. The number of ether oxygens (including phenoxy) is 1. The van der Waals surface area contributed by atoms with Crippen molar-refractivity contribution in [1.82, 2.24) is 44.7 Å². The fraction of sp³-hybridized carbons (Fsp3) is 0.483. The number of carbonyl (C=O) groups is 3. The van der Waals surface area contributed by atoms with Gasteiger partial charge in [-0.05, 0) is 133 Å². The van der Waals surface area contributed by atoms with Crippen molar-refractivity contribution in [2.24, 2.45) is 5.92 Å². The number of allylic oxidation sites excluding steroid dienone is 3. The normalized spacial score (nSPS) is 19.2. The third kappa shape index (κ3) is 12.5. The molecule has 1 aromatic carbocycles. The minimum absolute atomic E-state index is 0.0811. The van der Waals surface area contributed by atoms with Gasteiger partial charge in [-0.15, -0.1) is 0 Å². The number of rotatable bonds is 13. The van der Waals surface area contributed by atoms with Gasteiger partial charge in [0.15, 0.2) is 0 Å². The van der Waals surface area contributed by atoms with Crippen LogP contribution in [0.25, 0.3) is 17.3 Å². The van der Waals surface area contributed by atoms with Gasteiger partial charge in [0.25, 0.3) is 11.5 Å². The number of halogens is 1. The highest BCUT2D eigenvalue weighted by molar-refractivity contribution is 6.00. The van der Waals surface area contributed by atoms with Crippen LogP contribution in [0.1, 0.15) is 131 Å². The van der Waals surface area contributed by atoms with Gasteiger partial charge in [0.1, 0.15) is 17.6 Å². The molecule has 9 rings (SSSR count). The molecule has 1 aliphatic carbocycles. The van der Waals surface area contributed by atoms with Gasteiger partial charge in [0.05, 0.1) is 43.0 Å². The number of aromatic nitrogens is 4. The molecule has 3 amide bonds. The zero-order valence-electron chi connectivity index (χ0n) is 45.2. The van der Waals surface area contributed by atoms with Crippen LogP contribution < -0.4 is 21.5 Å². The average Bonchev–Trinajstić information content (AvgIpc) is 3.83. The van der Waals surface area contributed by atoms with Crippen molar-refractivity contribution in [3.8, 4) is 5.69 Å². The molecule has 0 bridgehead atoms. The second-order valence-corrected chi connectivity index (χ2v) is 19.4. The van der Waals surface area contributed by atoms with Gasteiger partial charge < -0.3 is 20.3 Å². The summed E-state index contributed by atoms with van der Waals surface area (Å²) in [5.41, 5.74) is 11.1. The molecule has 15 nitrogen and oxygen atoms in total. The number of aryl methyl sites for hydroxylation is 2. The van der Waals surface area contributed by atoms with Crippen molar-refractivity contribution in [2.45, 2.75) is 132 Å². The Labute approximate surface area is 436 Å². The highest BCUT2D eigenvalue weighted by atomic mass is 19.1. The topological polar surface area (TPSA) is 159 Å². The van der Waals surface area contributed by atoms with E-state index in [0.29, 0.717) is 62.5 Å². The van der Waals surface area contributed by atoms with Crippen molar-refractivity contribution in [2.75, 3.05) is 52.2 Å². The zero-order chi connectivity index (χ0) is 53.2. The van der Waals surface area contributed by atoms with E-state index in [9.17, 15) is 19.2 Å². The molecule has 3 aromatic heterocycles. The predicted octanol–water partition coefficient (Wildman–Crippen LogP) is 8.70. The molecule has 0 saturated carbocycles. The molecule has 2 unspecified atom stereocenters. The lowest BCUT2D eigenvalue weighted by Gasteiger charge is -2.34. The van der Waals surface area contributed by atoms with Crippen LogP contribution in [0.5, 0.6) is 0 Å². The molecule has 7 heterocycles. The number of piperidine rings is 2. The molecule has 0 spiro atoms. The van der Waals surface area contributed by atoms with E-state index >= 15 is 4.39 Å². The van der Waals surface area contributed by atoms with E-state index in [-0.39, 0.29) is 35.1 Å². The first-order valence-electron chi connectivity index (χ1n) is 26.7. The van der Waals surface area contributed by atoms with Crippen LogP contribution >= 0.6 is 0 Å². The minimum Gasteiger partial charge on any atom is -0.495 e. The fourth-order valence-corrected chi connectivity index (χ4v) is 10.8. The number of pyridine rings is 2. The number of hydrogen-bond acceptors (Lipinski definition) is 11. The number of nitrogens with one attached hydrogen (secondary N) is 3. The zero-order valence-corrected chi connectivity index (χ0v) is 45.2.